The van der Waals surface area contributed by atoms with Crippen molar-refractivity contribution in [1.29, 1.82) is 0 Å². The molecule has 0 aromatic heterocycles. The van der Waals surface area contributed by atoms with Crippen molar-refractivity contribution in [1.82, 2.24) is 0 Å². The fourth-order valence-corrected chi connectivity index (χ4v) is 2.14. The minimum atomic E-state index is 0.569. The third-order valence-corrected chi connectivity index (χ3v) is 2.74. The summed E-state index contributed by atoms with van der Waals surface area (Å²) in [6, 6.07) is 0. The van der Waals surface area contributed by atoms with E-state index in [9.17, 15) is 0 Å². The lowest BCUT2D eigenvalue weighted by Crippen LogP contribution is -2.22. The predicted octanol–water partition coefficient (Wildman–Crippen LogP) is 2.85. The first-order valence-electron chi connectivity index (χ1n) is 4.87. The van der Waals surface area contributed by atoms with E-state index in [2.05, 4.69) is 20.8 Å². The molecule has 2 unspecified atom stereocenters. The van der Waals surface area contributed by atoms with Gasteiger partial charge in [-0.2, -0.15) is 0 Å². The molecule has 0 aromatic carbocycles. The van der Waals surface area contributed by atoms with Gasteiger partial charge in [0.05, 0.1) is 6.10 Å². The van der Waals surface area contributed by atoms with E-state index < -0.39 is 0 Å². The fourth-order valence-electron chi connectivity index (χ4n) is 2.14. The topological polar surface area (TPSA) is 9.23 Å². The summed E-state index contributed by atoms with van der Waals surface area (Å²) < 4.78 is 5.68. The monoisotopic (exact) mass is 156 g/mol. The summed E-state index contributed by atoms with van der Waals surface area (Å²) in [6.07, 6.45) is 4.60. The zero-order valence-electron chi connectivity index (χ0n) is 7.97. The van der Waals surface area contributed by atoms with Crippen LogP contribution in [0.5, 0.6) is 0 Å². The summed E-state index contributed by atoms with van der Waals surface area (Å²) >= 11 is 0. The van der Waals surface area contributed by atoms with Crippen molar-refractivity contribution in [2.45, 2.75) is 46.1 Å². The molecule has 0 bridgehead atoms. The Balaban J connectivity index is 2.37. The summed E-state index contributed by atoms with van der Waals surface area (Å²) in [5.41, 5.74) is 0. The SMILES string of the molecule is CCOC1CCCC1C(C)C. The zero-order valence-corrected chi connectivity index (χ0v) is 7.97. The largest absolute Gasteiger partial charge is 0.378 e. The normalized spacial score (nSPS) is 31.6. The Bertz CT molecular complexity index is 109. The van der Waals surface area contributed by atoms with E-state index in [1.807, 2.05) is 0 Å². The second kappa shape index (κ2) is 4.10. The fraction of sp³-hybridized carbons (Fsp3) is 1.00. The molecule has 1 aliphatic carbocycles. The maximum Gasteiger partial charge on any atom is 0.0605 e. The van der Waals surface area contributed by atoms with Crippen LogP contribution in [-0.2, 0) is 4.74 Å². The third-order valence-electron chi connectivity index (χ3n) is 2.74. The summed E-state index contributed by atoms with van der Waals surface area (Å²) in [5, 5.41) is 0. The van der Waals surface area contributed by atoms with Crippen LogP contribution in [0.1, 0.15) is 40.0 Å². The lowest BCUT2D eigenvalue weighted by atomic mass is 9.92. The van der Waals surface area contributed by atoms with Crippen molar-refractivity contribution < 1.29 is 4.74 Å². The van der Waals surface area contributed by atoms with Crippen molar-refractivity contribution in [3.8, 4) is 0 Å². The number of hydrogen-bond donors (Lipinski definition) is 0. The molecule has 1 saturated carbocycles. The summed E-state index contributed by atoms with van der Waals surface area (Å²) in [4.78, 5) is 0. The number of hydrogen-bond acceptors (Lipinski definition) is 1. The van der Waals surface area contributed by atoms with E-state index in [1.54, 1.807) is 0 Å². The van der Waals surface area contributed by atoms with Gasteiger partial charge in [0, 0.05) is 6.61 Å². The maximum absolute atomic E-state index is 5.68. The lowest BCUT2D eigenvalue weighted by Gasteiger charge is -2.22. The Morgan fingerprint density at radius 3 is 2.64 bits per heavy atom. The van der Waals surface area contributed by atoms with Crippen molar-refractivity contribution in [2.75, 3.05) is 6.61 Å². The van der Waals surface area contributed by atoms with Crippen LogP contribution < -0.4 is 0 Å². The highest BCUT2D eigenvalue weighted by Gasteiger charge is 2.29. The lowest BCUT2D eigenvalue weighted by molar-refractivity contribution is 0.0224. The Morgan fingerprint density at radius 2 is 2.09 bits per heavy atom. The minimum Gasteiger partial charge on any atom is -0.378 e. The predicted molar refractivity (Wildman–Crippen MR) is 47.6 cm³/mol. The van der Waals surface area contributed by atoms with Crippen LogP contribution in [0.15, 0.2) is 0 Å². The van der Waals surface area contributed by atoms with Crippen LogP contribution >= 0.6 is 0 Å². The first-order valence-corrected chi connectivity index (χ1v) is 4.87. The van der Waals surface area contributed by atoms with Gasteiger partial charge in [0.2, 0.25) is 0 Å². The van der Waals surface area contributed by atoms with Gasteiger partial charge in [-0.1, -0.05) is 20.3 Å². The third kappa shape index (κ3) is 2.19. The summed E-state index contributed by atoms with van der Waals surface area (Å²) in [6.45, 7) is 7.59. The quantitative estimate of drug-likeness (QED) is 0.610. The molecule has 0 N–H and O–H groups in total. The highest BCUT2D eigenvalue weighted by molar-refractivity contribution is 4.80. The molecule has 0 aliphatic heterocycles. The molecule has 0 amide bonds. The molecule has 1 fully saturated rings. The van der Waals surface area contributed by atoms with E-state index in [4.69, 9.17) is 4.74 Å². The van der Waals surface area contributed by atoms with E-state index in [1.165, 1.54) is 19.3 Å². The molecule has 1 rings (SSSR count). The van der Waals surface area contributed by atoms with Gasteiger partial charge in [0.1, 0.15) is 0 Å². The van der Waals surface area contributed by atoms with E-state index in [0.29, 0.717) is 6.10 Å². The van der Waals surface area contributed by atoms with Crippen LogP contribution in [-0.4, -0.2) is 12.7 Å². The molecule has 0 spiro atoms. The molecule has 66 valence electrons. The van der Waals surface area contributed by atoms with Gasteiger partial charge in [-0.25, -0.2) is 0 Å². The summed E-state index contributed by atoms with van der Waals surface area (Å²) in [5.74, 6) is 1.63. The van der Waals surface area contributed by atoms with Crippen molar-refractivity contribution in [3.63, 3.8) is 0 Å². The molecule has 0 saturated heterocycles. The van der Waals surface area contributed by atoms with Crippen molar-refractivity contribution in [2.24, 2.45) is 11.8 Å². The zero-order chi connectivity index (χ0) is 8.27. The molecular formula is C10H20O. The maximum atomic E-state index is 5.68. The van der Waals surface area contributed by atoms with E-state index in [0.717, 1.165) is 18.4 Å². The Labute approximate surface area is 70.1 Å². The highest BCUT2D eigenvalue weighted by atomic mass is 16.5. The Hall–Kier alpha value is -0.0400. The molecule has 0 aromatic rings. The second-order valence-corrected chi connectivity index (χ2v) is 3.83. The first kappa shape index (κ1) is 9.05. The second-order valence-electron chi connectivity index (χ2n) is 3.83. The summed E-state index contributed by atoms with van der Waals surface area (Å²) in [7, 11) is 0. The Kier molecular flexibility index (Phi) is 3.38. The van der Waals surface area contributed by atoms with Gasteiger partial charge >= 0.3 is 0 Å². The molecule has 1 aliphatic rings. The molecule has 11 heavy (non-hydrogen) atoms. The van der Waals surface area contributed by atoms with Gasteiger partial charge in [-0.3, -0.25) is 0 Å². The van der Waals surface area contributed by atoms with Crippen LogP contribution in [0, 0.1) is 11.8 Å². The first-order chi connectivity index (χ1) is 5.25. The van der Waals surface area contributed by atoms with Crippen LogP contribution in [0.2, 0.25) is 0 Å². The molecule has 1 heteroatoms. The minimum absolute atomic E-state index is 0.569. The van der Waals surface area contributed by atoms with Crippen molar-refractivity contribution in [3.05, 3.63) is 0 Å². The molecular weight excluding hydrogens is 136 g/mol. The average Bonchev–Trinajstić information content (AvgIpc) is 2.36. The van der Waals surface area contributed by atoms with Crippen LogP contribution in [0.25, 0.3) is 0 Å². The Morgan fingerprint density at radius 1 is 1.36 bits per heavy atom. The van der Waals surface area contributed by atoms with Crippen LogP contribution in [0.4, 0.5) is 0 Å². The van der Waals surface area contributed by atoms with Gasteiger partial charge in [0.25, 0.3) is 0 Å². The highest BCUT2D eigenvalue weighted by Crippen LogP contribution is 2.33. The number of ether oxygens (including phenoxy) is 1. The van der Waals surface area contributed by atoms with Gasteiger partial charge < -0.3 is 4.74 Å². The standard InChI is InChI=1S/C10H20O/c1-4-11-10-7-5-6-9(10)8(2)3/h8-10H,4-7H2,1-3H3. The number of rotatable bonds is 3. The molecule has 0 heterocycles. The van der Waals surface area contributed by atoms with E-state index >= 15 is 0 Å². The van der Waals surface area contributed by atoms with Gasteiger partial charge in [-0.15, -0.1) is 0 Å². The van der Waals surface area contributed by atoms with E-state index in [-0.39, 0.29) is 0 Å². The van der Waals surface area contributed by atoms with Crippen LogP contribution in [0.3, 0.4) is 0 Å². The smallest absolute Gasteiger partial charge is 0.0605 e. The average molecular weight is 156 g/mol. The molecule has 0 radical (unpaired) electrons. The molecule has 1 nitrogen and oxygen atoms in total. The van der Waals surface area contributed by atoms with Crippen molar-refractivity contribution >= 4 is 0 Å². The van der Waals surface area contributed by atoms with Gasteiger partial charge in [0.15, 0.2) is 0 Å². The van der Waals surface area contributed by atoms with Gasteiger partial charge in [-0.05, 0) is 31.6 Å². The molecule has 2 atom stereocenters.